The van der Waals surface area contributed by atoms with Gasteiger partial charge in [-0.15, -0.1) is 0 Å². The van der Waals surface area contributed by atoms with Gasteiger partial charge in [-0.05, 0) is 0 Å². The van der Waals surface area contributed by atoms with Crippen LogP contribution in [0.1, 0.15) is 0 Å². The van der Waals surface area contributed by atoms with Gasteiger partial charge in [0.1, 0.15) is 6.20 Å². The summed E-state index contributed by atoms with van der Waals surface area (Å²) in [6.45, 7) is -0.0468. The second kappa shape index (κ2) is 5.91. The van der Waals surface area contributed by atoms with Crippen molar-refractivity contribution >= 4 is 23.4 Å². The van der Waals surface area contributed by atoms with E-state index in [4.69, 9.17) is 5.84 Å². The van der Waals surface area contributed by atoms with Crippen molar-refractivity contribution in [3.63, 3.8) is 0 Å². The van der Waals surface area contributed by atoms with Gasteiger partial charge in [-0.2, -0.15) is 4.98 Å². The van der Waals surface area contributed by atoms with Gasteiger partial charge in [0, 0.05) is 21.1 Å². The lowest BCUT2D eigenvalue weighted by Crippen LogP contribution is -2.35. The number of nitrogens with zero attached hydrogens (tertiary/aromatic N) is 5. The highest BCUT2D eigenvalue weighted by atomic mass is 16.6. The second-order valence-corrected chi connectivity index (χ2v) is 3.95. The fourth-order valence-electron chi connectivity index (χ4n) is 1.26. The third-order valence-corrected chi connectivity index (χ3v) is 2.31. The van der Waals surface area contributed by atoms with Crippen LogP contribution in [0.5, 0.6) is 0 Å². The Bertz CT molecular complexity index is 491. The fourth-order valence-corrected chi connectivity index (χ4v) is 1.26. The zero-order valence-electron chi connectivity index (χ0n) is 10.8. The van der Waals surface area contributed by atoms with Crippen LogP contribution in [0, 0.1) is 10.1 Å². The predicted octanol–water partition coefficient (Wildman–Crippen LogP) is -0.805. The number of amides is 1. The number of nitrogen functional groups attached to an aromatic ring is 1. The van der Waals surface area contributed by atoms with Gasteiger partial charge >= 0.3 is 5.69 Å². The molecule has 0 aliphatic rings. The average molecular weight is 269 g/mol. The van der Waals surface area contributed by atoms with E-state index < -0.39 is 4.92 Å². The van der Waals surface area contributed by atoms with Crippen molar-refractivity contribution in [2.24, 2.45) is 5.84 Å². The van der Waals surface area contributed by atoms with Crippen molar-refractivity contribution in [1.29, 1.82) is 0 Å². The van der Waals surface area contributed by atoms with E-state index in [0.29, 0.717) is 0 Å². The highest BCUT2D eigenvalue weighted by Gasteiger charge is 2.22. The van der Waals surface area contributed by atoms with E-state index >= 15 is 0 Å². The van der Waals surface area contributed by atoms with E-state index in [0.717, 1.165) is 6.20 Å². The molecule has 0 aliphatic heterocycles. The molecular formula is C9H15N7O3. The number of nitrogens with two attached hydrogens (primary N) is 1. The molecule has 1 aromatic rings. The van der Waals surface area contributed by atoms with Crippen molar-refractivity contribution in [3.8, 4) is 0 Å². The predicted molar refractivity (Wildman–Crippen MR) is 68.5 cm³/mol. The topological polar surface area (TPSA) is 131 Å². The van der Waals surface area contributed by atoms with Crippen molar-refractivity contribution in [2.75, 3.05) is 38.0 Å². The molecule has 0 saturated carbocycles. The van der Waals surface area contributed by atoms with Gasteiger partial charge in [0.25, 0.3) is 0 Å². The number of likely N-dealkylation sites (N-methyl/N-ethyl adjacent to an activating group) is 2. The summed E-state index contributed by atoms with van der Waals surface area (Å²) in [5, 5.41) is 10.9. The Morgan fingerprint density at radius 1 is 1.53 bits per heavy atom. The minimum Gasteiger partial charge on any atom is -0.347 e. The maximum absolute atomic E-state index is 11.6. The van der Waals surface area contributed by atoms with E-state index in [1.807, 2.05) is 0 Å². The van der Waals surface area contributed by atoms with Gasteiger partial charge in [0.2, 0.25) is 17.7 Å². The number of nitrogens with one attached hydrogen (secondary N) is 1. The third-order valence-electron chi connectivity index (χ3n) is 2.31. The molecule has 0 atom stereocenters. The summed E-state index contributed by atoms with van der Waals surface area (Å²) in [6, 6.07) is 0. The largest absolute Gasteiger partial charge is 0.347 e. The number of nitro groups is 1. The first-order valence-electron chi connectivity index (χ1n) is 5.26. The average Bonchev–Trinajstić information content (AvgIpc) is 2.37. The minimum absolute atomic E-state index is 0.0168. The van der Waals surface area contributed by atoms with Crippen LogP contribution in [0.25, 0.3) is 0 Å². The van der Waals surface area contributed by atoms with Gasteiger partial charge in [-0.1, -0.05) is 0 Å². The molecule has 19 heavy (non-hydrogen) atoms. The van der Waals surface area contributed by atoms with Crippen molar-refractivity contribution in [1.82, 2.24) is 14.9 Å². The Kier molecular flexibility index (Phi) is 4.53. The van der Waals surface area contributed by atoms with Gasteiger partial charge < -0.3 is 9.80 Å². The third kappa shape index (κ3) is 3.48. The summed E-state index contributed by atoms with van der Waals surface area (Å²) in [6.07, 6.45) is 1.04. The lowest BCUT2D eigenvalue weighted by molar-refractivity contribution is -0.384. The van der Waals surface area contributed by atoms with Crippen LogP contribution in [0.4, 0.5) is 17.5 Å². The van der Waals surface area contributed by atoms with Gasteiger partial charge in [0.15, 0.2) is 0 Å². The standard InChI is InChI=1S/C9H15N7O3/c1-14(2)7(17)5-15(3)8-6(16(18)19)4-11-9(12-8)13-10/h4H,5,10H2,1-3H3,(H,11,12,13). The van der Waals surface area contributed by atoms with Gasteiger partial charge in [-0.3, -0.25) is 20.3 Å². The first-order chi connectivity index (χ1) is 8.86. The van der Waals surface area contributed by atoms with Gasteiger partial charge in [-0.25, -0.2) is 10.8 Å². The first kappa shape index (κ1) is 14.6. The molecule has 0 bridgehead atoms. The summed E-state index contributed by atoms with van der Waals surface area (Å²) >= 11 is 0. The lowest BCUT2D eigenvalue weighted by atomic mass is 10.4. The molecule has 104 valence electrons. The molecule has 0 unspecified atom stereocenters. The smallest absolute Gasteiger partial charge is 0.329 e. The highest BCUT2D eigenvalue weighted by Crippen LogP contribution is 2.24. The Morgan fingerprint density at radius 2 is 2.16 bits per heavy atom. The van der Waals surface area contributed by atoms with Crippen LogP contribution < -0.4 is 16.2 Å². The molecule has 1 heterocycles. The van der Waals surface area contributed by atoms with Crippen LogP contribution >= 0.6 is 0 Å². The van der Waals surface area contributed by atoms with Gasteiger partial charge in [0.05, 0.1) is 11.5 Å². The molecule has 0 radical (unpaired) electrons. The summed E-state index contributed by atoms with van der Waals surface area (Å²) in [5.74, 6) is 4.99. The van der Waals surface area contributed by atoms with E-state index in [1.165, 1.54) is 16.8 Å². The summed E-state index contributed by atoms with van der Waals surface area (Å²) < 4.78 is 0. The molecule has 10 nitrogen and oxygen atoms in total. The molecule has 0 saturated heterocycles. The van der Waals surface area contributed by atoms with Crippen LogP contribution in [-0.4, -0.2) is 53.4 Å². The zero-order valence-corrected chi connectivity index (χ0v) is 10.8. The van der Waals surface area contributed by atoms with Crippen LogP contribution in [0.2, 0.25) is 0 Å². The molecule has 0 aliphatic carbocycles. The molecule has 1 aromatic heterocycles. The summed E-state index contributed by atoms with van der Waals surface area (Å²) in [7, 11) is 4.71. The number of hydrazine groups is 1. The molecule has 10 heteroatoms. The quantitative estimate of drug-likeness (QED) is 0.403. The Hall–Kier alpha value is -2.49. The number of anilines is 2. The Balaban J connectivity index is 3.08. The molecule has 0 aromatic carbocycles. The van der Waals surface area contributed by atoms with E-state index in [1.54, 1.807) is 14.1 Å². The van der Waals surface area contributed by atoms with Crippen molar-refractivity contribution in [3.05, 3.63) is 16.3 Å². The SMILES string of the molecule is CN(C)C(=O)CN(C)c1nc(NN)ncc1[N+](=O)[O-]. The zero-order chi connectivity index (χ0) is 14.6. The highest BCUT2D eigenvalue weighted by molar-refractivity contribution is 5.81. The number of hydrogen-bond donors (Lipinski definition) is 2. The molecule has 1 rings (SSSR count). The number of rotatable bonds is 5. The second-order valence-electron chi connectivity index (χ2n) is 3.95. The minimum atomic E-state index is -0.619. The number of hydrogen-bond acceptors (Lipinski definition) is 8. The lowest BCUT2D eigenvalue weighted by Gasteiger charge is -2.19. The fraction of sp³-hybridized carbons (Fsp3) is 0.444. The van der Waals surface area contributed by atoms with E-state index in [2.05, 4.69) is 15.4 Å². The normalized spacial score (nSPS) is 9.89. The maximum atomic E-state index is 11.6. The first-order valence-corrected chi connectivity index (χ1v) is 5.26. The van der Waals surface area contributed by atoms with Crippen molar-refractivity contribution < 1.29 is 9.72 Å². The van der Waals surface area contributed by atoms with E-state index in [-0.39, 0.29) is 29.9 Å². The monoisotopic (exact) mass is 269 g/mol. The van der Waals surface area contributed by atoms with Crippen molar-refractivity contribution in [2.45, 2.75) is 0 Å². The number of carbonyl (C=O) groups excluding carboxylic acids is 1. The molecular weight excluding hydrogens is 254 g/mol. The molecule has 0 fully saturated rings. The molecule has 3 N–H and O–H groups in total. The summed E-state index contributed by atoms with van der Waals surface area (Å²) in [4.78, 5) is 32.2. The van der Waals surface area contributed by atoms with Crippen LogP contribution in [0.15, 0.2) is 6.20 Å². The Morgan fingerprint density at radius 3 is 2.63 bits per heavy atom. The van der Waals surface area contributed by atoms with Crippen LogP contribution in [-0.2, 0) is 4.79 Å². The Labute approximate surface area is 109 Å². The van der Waals surface area contributed by atoms with Crippen LogP contribution in [0.3, 0.4) is 0 Å². The maximum Gasteiger partial charge on any atom is 0.329 e. The molecule has 0 spiro atoms. The molecule has 1 amide bonds. The summed E-state index contributed by atoms with van der Waals surface area (Å²) in [5.41, 5.74) is 1.90. The number of carbonyl (C=O) groups is 1. The number of aromatic nitrogens is 2. The van der Waals surface area contributed by atoms with E-state index in [9.17, 15) is 14.9 Å².